The molecule has 1 spiro atoms. The maximum atomic E-state index is 12.8. The topological polar surface area (TPSA) is 92.7 Å². The van der Waals surface area contributed by atoms with Gasteiger partial charge in [0.2, 0.25) is 0 Å². The molecule has 1 saturated carbocycles. The molecule has 3 aromatic rings. The van der Waals surface area contributed by atoms with Gasteiger partial charge >= 0.3 is 0 Å². The summed E-state index contributed by atoms with van der Waals surface area (Å²) in [7, 11) is 0. The number of ketones is 1. The Bertz CT molecular complexity index is 1070. The molecule has 0 saturated heterocycles. The summed E-state index contributed by atoms with van der Waals surface area (Å²) in [5.41, 5.74) is 3.87. The van der Waals surface area contributed by atoms with Crippen molar-refractivity contribution in [2.24, 2.45) is 5.41 Å². The molecule has 1 amide bonds. The van der Waals surface area contributed by atoms with E-state index in [1.165, 1.54) is 0 Å². The quantitative estimate of drug-likeness (QED) is 0.717. The zero-order valence-electron chi connectivity index (χ0n) is 16.1. The van der Waals surface area contributed by atoms with E-state index in [2.05, 4.69) is 20.6 Å². The van der Waals surface area contributed by atoms with Crippen molar-refractivity contribution >= 4 is 17.4 Å². The minimum absolute atomic E-state index is 0.230. The molecule has 7 nitrogen and oxygen atoms in total. The number of amides is 1. The van der Waals surface area contributed by atoms with Gasteiger partial charge in [0.1, 0.15) is 5.78 Å². The number of H-pyrrole nitrogens is 1. The van der Waals surface area contributed by atoms with Crippen LogP contribution in [-0.4, -0.2) is 31.7 Å². The lowest BCUT2D eigenvalue weighted by Gasteiger charge is -2.31. The van der Waals surface area contributed by atoms with Crippen LogP contribution in [0.25, 0.3) is 0 Å². The Hall–Kier alpha value is -3.22. The molecule has 2 heterocycles. The monoisotopic (exact) mass is 389 g/mol. The summed E-state index contributed by atoms with van der Waals surface area (Å²) in [5, 5.41) is 14.5. The van der Waals surface area contributed by atoms with Gasteiger partial charge in [-0.1, -0.05) is 30.3 Å². The molecule has 0 aliphatic heterocycles. The molecule has 0 radical (unpaired) electrons. The molecule has 2 aliphatic carbocycles. The van der Waals surface area contributed by atoms with E-state index in [0.29, 0.717) is 43.0 Å². The molecule has 148 valence electrons. The van der Waals surface area contributed by atoms with Crippen LogP contribution in [0.2, 0.25) is 0 Å². The van der Waals surface area contributed by atoms with Crippen LogP contribution in [0, 0.1) is 5.41 Å². The van der Waals surface area contributed by atoms with Gasteiger partial charge in [-0.25, -0.2) is 0 Å². The zero-order valence-corrected chi connectivity index (χ0v) is 16.1. The fourth-order valence-corrected chi connectivity index (χ4v) is 4.71. The summed E-state index contributed by atoms with van der Waals surface area (Å²) in [6.45, 7) is 0.643. The number of hydrogen-bond donors (Lipinski definition) is 2. The Morgan fingerprint density at radius 1 is 1.21 bits per heavy atom. The second kappa shape index (κ2) is 6.99. The van der Waals surface area contributed by atoms with Crippen molar-refractivity contribution in [2.45, 2.75) is 45.1 Å². The summed E-state index contributed by atoms with van der Waals surface area (Å²) in [6.07, 6.45) is 8.28. The minimum atomic E-state index is -0.240. The lowest BCUT2D eigenvalue weighted by molar-refractivity contribution is -0.126. The molecule has 5 rings (SSSR count). The fourth-order valence-electron chi connectivity index (χ4n) is 4.71. The van der Waals surface area contributed by atoms with E-state index in [9.17, 15) is 9.59 Å². The molecule has 1 aromatic carbocycles. The number of rotatable bonds is 4. The van der Waals surface area contributed by atoms with Crippen molar-refractivity contribution in [3.05, 3.63) is 65.2 Å². The third-order valence-corrected chi connectivity index (χ3v) is 6.27. The molecule has 7 heteroatoms. The van der Waals surface area contributed by atoms with Crippen molar-refractivity contribution in [3.63, 3.8) is 0 Å². The van der Waals surface area contributed by atoms with Gasteiger partial charge in [0.05, 0.1) is 18.4 Å². The van der Waals surface area contributed by atoms with Gasteiger partial charge in [0, 0.05) is 35.7 Å². The van der Waals surface area contributed by atoms with Crippen molar-refractivity contribution in [1.29, 1.82) is 0 Å². The van der Waals surface area contributed by atoms with Crippen LogP contribution in [0.5, 0.6) is 0 Å². The minimum Gasteiger partial charge on any atom is -0.318 e. The third kappa shape index (κ3) is 3.26. The average molecular weight is 389 g/mol. The Morgan fingerprint density at radius 3 is 2.86 bits per heavy atom. The molecule has 0 bridgehead atoms. The van der Waals surface area contributed by atoms with Gasteiger partial charge in [-0.05, 0) is 31.2 Å². The number of nitrogens with one attached hydrogen (secondary N) is 2. The summed E-state index contributed by atoms with van der Waals surface area (Å²) in [5.74, 6) is 0.130. The van der Waals surface area contributed by atoms with Gasteiger partial charge in [-0.2, -0.15) is 10.2 Å². The van der Waals surface area contributed by atoms with E-state index in [1.807, 2.05) is 36.5 Å². The molecular formula is C22H23N5O2. The van der Waals surface area contributed by atoms with Gasteiger partial charge in [-0.3, -0.25) is 19.4 Å². The molecule has 1 unspecified atom stereocenters. The highest BCUT2D eigenvalue weighted by molar-refractivity contribution is 6.04. The van der Waals surface area contributed by atoms with Gasteiger partial charge in [0.25, 0.3) is 5.91 Å². The van der Waals surface area contributed by atoms with E-state index in [1.54, 1.807) is 10.9 Å². The van der Waals surface area contributed by atoms with E-state index >= 15 is 0 Å². The Balaban J connectivity index is 1.29. The van der Waals surface area contributed by atoms with E-state index in [-0.39, 0.29) is 11.3 Å². The standard InChI is InChI=1S/C22H23N5O2/c28-19-7-4-9-22(19)10-8-17-18(11-22)25-26-20(17)21(29)24-16-12-23-27(14-16)13-15-5-2-1-3-6-15/h1-3,5-6,12,14H,4,7-11,13H2,(H,24,29)(H,25,26). The predicted octanol–water partition coefficient (Wildman–Crippen LogP) is 3.13. The second-order valence-corrected chi connectivity index (χ2v) is 8.13. The molecule has 2 aliphatic rings. The molecule has 29 heavy (non-hydrogen) atoms. The Morgan fingerprint density at radius 2 is 2.07 bits per heavy atom. The van der Waals surface area contributed by atoms with Crippen LogP contribution >= 0.6 is 0 Å². The van der Waals surface area contributed by atoms with Crippen LogP contribution in [0.15, 0.2) is 42.7 Å². The van der Waals surface area contributed by atoms with Gasteiger partial charge < -0.3 is 5.32 Å². The summed E-state index contributed by atoms with van der Waals surface area (Å²) < 4.78 is 1.79. The first-order valence-corrected chi connectivity index (χ1v) is 10.1. The molecule has 1 fully saturated rings. The first-order chi connectivity index (χ1) is 14.1. The van der Waals surface area contributed by atoms with Crippen LogP contribution in [-0.2, 0) is 24.2 Å². The van der Waals surface area contributed by atoms with E-state index in [4.69, 9.17) is 0 Å². The van der Waals surface area contributed by atoms with Gasteiger partial charge in [-0.15, -0.1) is 0 Å². The van der Waals surface area contributed by atoms with E-state index in [0.717, 1.165) is 36.1 Å². The summed E-state index contributed by atoms with van der Waals surface area (Å²) in [4.78, 5) is 25.1. The molecule has 2 aromatic heterocycles. The largest absolute Gasteiger partial charge is 0.318 e. The average Bonchev–Trinajstić information content (AvgIpc) is 3.43. The number of carbonyl (C=O) groups is 2. The van der Waals surface area contributed by atoms with Crippen LogP contribution in [0.1, 0.15) is 53.0 Å². The fraction of sp³-hybridized carbons (Fsp3) is 0.364. The number of fused-ring (bicyclic) bond motifs is 1. The number of anilines is 1. The lowest BCUT2D eigenvalue weighted by Crippen LogP contribution is -2.33. The number of aromatic amines is 1. The smallest absolute Gasteiger partial charge is 0.276 e. The van der Waals surface area contributed by atoms with Crippen molar-refractivity contribution in [3.8, 4) is 0 Å². The second-order valence-electron chi connectivity index (χ2n) is 8.13. The zero-order chi connectivity index (χ0) is 19.8. The maximum absolute atomic E-state index is 12.8. The highest BCUT2D eigenvalue weighted by Crippen LogP contribution is 2.45. The predicted molar refractivity (Wildman–Crippen MR) is 108 cm³/mol. The highest BCUT2D eigenvalue weighted by atomic mass is 16.2. The van der Waals surface area contributed by atoms with Gasteiger partial charge in [0.15, 0.2) is 5.69 Å². The SMILES string of the molecule is O=C(Nc1cnn(Cc2ccccc2)c1)c1n[nH]c2c1CCC1(CCCC1=O)C2. The lowest BCUT2D eigenvalue weighted by atomic mass is 9.71. The van der Waals surface area contributed by atoms with E-state index < -0.39 is 0 Å². The highest BCUT2D eigenvalue weighted by Gasteiger charge is 2.45. The Kier molecular flexibility index (Phi) is 4.30. The number of hydrogen-bond acceptors (Lipinski definition) is 4. The molecule has 1 atom stereocenters. The summed E-state index contributed by atoms with van der Waals surface area (Å²) in [6, 6.07) is 10.0. The van der Waals surface area contributed by atoms with Crippen LogP contribution in [0.4, 0.5) is 5.69 Å². The van der Waals surface area contributed by atoms with Crippen LogP contribution in [0.3, 0.4) is 0 Å². The van der Waals surface area contributed by atoms with Crippen molar-refractivity contribution in [1.82, 2.24) is 20.0 Å². The summed E-state index contributed by atoms with van der Waals surface area (Å²) >= 11 is 0. The number of carbonyl (C=O) groups excluding carboxylic acids is 2. The first kappa shape index (κ1) is 17.8. The first-order valence-electron chi connectivity index (χ1n) is 10.1. The Labute approximate surface area is 168 Å². The van der Waals surface area contributed by atoms with Crippen molar-refractivity contribution < 1.29 is 9.59 Å². The van der Waals surface area contributed by atoms with Crippen LogP contribution < -0.4 is 5.32 Å². The molecular weight excluding hydrogens is 366 g/mol. The maximum Gasteiger partial charge on any atom is 0.276 e. The number of nitrogens with zero attached hydrogens (tertiary/aromatic N) is 3. The molecule has 2 N–H and O–H groups in total. The normalized spacial score (nSPS) is 20.8. The van der Waals surface area contributed by atoms with Crippen molar-refractivity contribution in [2.75, 3.05) is 5.32 Å². The number of Topliss-reactive ketones (excluding diaryl/α,β-unsaturated/α-hetero) is 1. The number of aromatic nitrogens is 4. The number of benzene rings is 1. The third-order valence-electron chi connectivity index (χ3n) is 6.27.